The minimum absolute atomic E-state index is 0.0806. The summed E-state index contributed by atoms with van der Waals surface area (Å²) in [5.74, 6) is -2.34. The van der Waals surface area contributed by atoms with Crippen LogP contribution in [0.1, 0.15) is 23.2 Å². The van der Waals surface area contributed by atoms with Crippen LogP contribution in [0.5, 0.6) is 0 Å². The van der Waals surface area contributed by atoms with Crippen LogP contribution in [-0.2, 0) is 4.74 Å². The standard InChI is InChI=1S/C12H12F2INO2/c13-8-1-2-9(15)11(14)10(8)12(17)16-7-3-5-18-6-4-7/h1-2,7H,3-6H2,(H,16,17). The number of rotatable bonds is 2. The van der Waals surface area contributed by atoms with Crippen LogP contribution in [0, 0.1) is 15.2 Å². The largest absolute Gasteiger partial charge is 0.381 e. The molecule has 0 atom stereocenters. The van der Waals surface area contributed by atoms with Crippen molar-refractivity contribution in [1.82, 2.24) is 5.32 Å². The van der Waals surface area contributed by atoms with E-state index in [4.69, 9.17) is 4.74 Å². The topological polar surface area (TPSA) is 38.3 Å². The van der Waals surface area contributed by atoms with Gasteiger partial charge in [0.1, 0.15) is 11.4 Å². The summed E-state index contributed by atoms with van der Waals surface area (Å²) in [4.78, 5) is 11.9. The molecule has 1 N–H and O–H groups in total. The van der Waals surface area contributed by atoms with Crippen LogP contribution in [-0.4, -0.2) is 25.2 Å². The molecule has 0 saturated carbocycles. The van der Waals surface area contributed by atoms with E-state index in [1.54, 1.807) is 22.6 Å². The molecule has 1 heterocycles. The third-order valence-electron chi connectivity index (χ3n) is 2.83. The Labute approximate surface area is 117 Å². The maximum atomic E-state index is 13.7. The highest BCUT2D eigenvalue weighted by atomic mass is 127. The third-order valence-corrected chi connectivity index (χ3v) is 3.66. The zero-order chi connectivity index (χ0) is 13.1. The van der Waals surface area contributed by atoms with Crippen molar-refractivity contribution in [3.63, 3.8) is 0 Å². The molecule has 18 heavy (non-hydrogen) atoms. The van der Waals surface area contributed by atoms with E-state index in [2.05, 4.69) is 5.32 Å². The lowest BCUT2D eigenvalue weighted by molar-refractivity contribution is 0.0692. The van der Waals surface area contributed by atoms with E-state index in [0.717, 1.165) is 6.07 Å². The normalized spacial score (nSPS) is 16.6. The molecule has 1 saturated heterocycles. The van der Waals surface area contributed by atoms with Gasteiger partial charge in [-0.05, 0) is 47.6 Å². The van der Waals surface area contributed by atoms with Crippen LogP contribution in [0.2, 0.25) is 0 Å². The number of hydrogen-bond acceptors (Lipinski definition) is 2. The number of ether oxygens (including phenoxy) is 1. The van der Waals surface area contributed by atoms with Gasteiger partial charge in [-0.2, -0.15) is 0 Å². The second kappa shape index (κ2) is 5.92. The van der Waals surface area contributed by atoms with Gasteiger partial charge in [0.05, 0.1) is 0 Å². The Hall–Kier alpha value is -0.760. The first-order chi connectivity index (χ1) is 8.59. The second-order valence-corrected chi connectivity index (χ2v) is 5.24. The molecule has 1 aliphatic heterocycles. The molecule has 2 rings (SSSR count). The quantitative estimate of drug-likeness (QED) is 0.645. The van der Waals surface area contributed by atoms with Crippen LogP contribution in [0.25, 0.3) is 0 Å². The number of amides is 1. The molecular weight excluding hydrogens is 355 g/mol. The highest BCUT2D eigenvalue weighted by molar-refractivity contribution is 14.1. The van der Waals surface area contributed by atoms with Gasteiger partial charge in [-0.3, -0.25) is 4.79 Å². The minimum Gasteiger partial charge on any atom is -0.381 e. The summed E-state index contributed by atoms with van der Waals surface area (Å²) >= 11 is 1.73. The SMILES string of the molecule is O=C(NC1CCOCC1)c1c(F)ccc(I)c1F. The van der Waals surface area contributed by atoms with Gasteiger partial charge in [-0.15, -0.1) is 0 Å². The molecule has 1 aromatic carbocycles. The maximum Gasteiger partial charge on any atom is 0.257 e. The number of halogens is 3. The predicted molar refractivity (Wildman–Crippen MR) is 70.4 cm³/mol. The fraction of sp³-hybridized carbons (Fsp3) is 0.417. The molecule has 98 valence electrons. The van der Waals surface area contributed by atoms with E-state index >= 15 is 0 Å². The lowest BCUT2D eigenvalue weighted by Crippen LogP contribution is -2.39. The van der Waals surface area contributed by atoms with Crippen molar-refractivity contribution in [2.45, 2.75) is 18.9 Å². The molecule has 1 aliphatic rings. The molecule has 0 unspecified atom stereocenters. The van der Waals surface area contributed by atoms with Gasteiger partial charge in [-0.25, -0.2) is 8.78 Å². The van der Waals surface area contributed by atoms with Gasteiger partial charge in [0.25, 0.3) is 5.91 Å². The Kier molecular flexibility index (Phi) is 4.50. The minimum atomic E-state index is -0.836. The average molecular weight is 367 g/mol. The summed E-state index contributed by atoms with van der Waals surface area (Å²) in [6.45, 7) is 1.12. The first kappa shape index (κ1) is 13.7. The summed E-state index contributed by atoms with van der Waals surface area (Å²) in [6.07, 6.45) is 1.33. The molecule has 1 aromatic rings. The molecule has 6 heteroatoms. The lowest BCUT2D eigenvalue weighted by Gasteiger charge is -2.23. The van der Waals surface area contributed by atoms with E-state index in [9.17, 15) is 13.6 Å². The van der Waals surface area contributed by atoms with Crippen LogP contribution in [0.4, 0.5) is 8.78 Å². The summed E-state index contributed by atoms with van der Waals surface area (Å²) in [5.41, 5.74) is -0.506. The number of hydrogen-bond donors (Lipinski definition) is 1. The Morgan fingerprint density at radius 3 is 2.67 bits per heavy atom. The van der Waals surface area contributed by atoms with Crippen molar-refractivity contribution in [1.29, 1.82) is 0 Å². The molecule has 3 nitrogen and oxygen atoms in total. The summed E-state index contributed by atoms with van der Waals surface area (Å²) < 4.78 is 32.6. The first-order valence-corrected chi connectivity index (χ1v) is 6.69. The zero-order valence-electron chi connectivity index (χ0n) is 9.51. The van der Waals surface area contributed by atoms with Crippen LogP contribution in [0.15, 0.2) is 12.1 Å². The molecule has 0 aliphatic carbocycles. The maximum absolute atomic E-state index is 13.7. The monoisotopic (exact) mass is 367 g/mol. The van der Waals surface area contributed by atoms with Crippen molar-refractivity contribution in [2.75, 3.05) is 13.2 Å². The number of carbonyl (C=O) groups is 1. The predicted octanol–water partition coefficient (Wildman–Crippen LogP) is 2.48. The second-order valence-electron chi connectivity index (χ2n) is 4.08. The molecule has 1 fully saturated rings. The first-order valence-electron chi connectivity index (χ1n) is 5.61. The molecule has 0 spiro atoms. The summed E-state index contributed by atoms with van der Waals surface area (Å²) in [5, 5.41) is 2.64. The molecular formula is C12H12F2INO2. The van der Waals surface area contributed by atoms with Crippen molar-refractivity contribution in [2.24, 2.45) is 0 Å². The smallest absolute Gasteiger partial charge is 0.257 e. The van der Waals surface area contributed by atoms with Crippen molar-refractivity contribution in [3.8, 4) is 0 Å². The molecule has 0 bridgehead atoms. The number of nitrogens with one attached hydrogen (secondary N) is 1. The van der Waals surface area contributed by atoms with Crippen molar-refractivity contribution in [3.05, 3.63) is 32.9 Å². The Morgan fingerprint density at radius 2 is 2.00 bits per heavy atom. The zero-order valence-corrected chi connectivity index (χ0v) is 11.7. The van der Waals surface area contributed by atoms with Gasteiger partial charge >= 0.3 is 0 Å². The molecule has 0 radical (unpaired) electrons. The highest BCUT2D eigenvalue weighted by Crippen LogP contribution is 2.19. The van der Waals surface area contributed by atoms with Gasteiger partial charge in [0, 0.05) is 22.8 Å². The molecule has 1 amide bonds. The molecule has 0 aromatic heterocycles. The Balaban J connectivity index is 2.15. The Morgan fingerprint density at radius 1 is 1.33 bits per heavy atom. The fourth-order valence-corrected chi connectivity index (χ4v) is 2.28. The highest BCUT2D eigenvalue weighted by Gasteiger charge is 2.23. The van der Waals surface area contributed by atoms with Gasteiger partial charge in [0.2, 0.25) is 0 Å². The van der Waals surface area contributed by atoms with E-state index < -0.39 is 23.1 Å². The van der Waals surface area contributed by atoms with Gasteiger partial charge in [0.15, 0.2) is 5.82 Å². The van der Waals surface area contributed by atoms with Crippen molar-refractivity contribution >= 4 is 28.5 Å². The van der Waals surface area contributed by atoms with Crippen LogP contribution in [0.3, 0.4) is 0 Å². The number of benzene rings is 1. The summed E-state index contributed by atoms with van der Waals surface area (Å²) in [7, 11) is 0. The van der Waals surface area contributed by atoms with Crippen LogP contribution >= 0.6 is 22.6 Å². The van der Waals surface area contributed by atoms with E-state index in [0.29, 0.717) is 26.1 Å². The fourth-order valence-electron chi connectivity index (χ4n) is 1.83. The van der Waals surface area contributed by atoms with Gasteiger partial charge in [-0.1, -0.05) is 0 Å². The van der Waals surface area contributed by atoms with Crippen molar-refractivity contribution < 1.29 is 18.3 Å². The van der Waals surface area contributed by atoms with Gasteiger partial charge < -0.3 is 10.1 Å². The number of carbonyl (C=O) groups excluding carboxylic acids is 1. The van der Waals surface area contributed by atoms with Crippen LogP contribution < -0.4 is 5.32 Å². The Bertz CT molecular complexity index is 462. The average Bonchev–Trinajstić information content (AvgIpc) is 2.36. The van der Waals surface area contributed by atoms with E-state index in [-0.39, 0.29) is 9.61 Å². The lowest BCUT2D eigenvalue weighted by atomic mass is 10.1. The van der Waals surface area contributed by atoms with E-state index in [1.807, 2.05) is 0 Å². The third kappa shape index (κ3) is 2.97. The summed E-state index contributed by atoms with van der Waals surface area (Å²) in [6, 6.07) is 2.32. The van der Waals surface area contributed by atoms with E-state index in [1.165, 1.54) is 6.07 Å².